The third-order valence-corrected chi connectivity index (χ3v) is 8.12. The summed E-state index contributed by atoms with van der Waals surface area (Å²) in [6.07, 6.45) is 6.17. The van der Waals surface area contributed by atoms with Crippen molar-refractivity contribution in [3.63, 3.8) is 0 Å². The van der Waals surface area contributed by atoms with Crippen molar-refractivity contribution in [3.8, 4) is 5.75 Å². The minimum atomic E-state index is -0.467. The molecule has 37 heavy (non-hydrogen) atoms. The number of nitrogens with one attached hydrogen (secondary N) is 1. The first-order valence-electron chi connectivity index (χ1n) is 12.0. The lowest BCUT2D eigenvalue weighted by atomic mass is 10.1. The Balaban J connectivity index is 1.45. The van der Waals surface area contributed by atoms with E-state index in [2.05, 4.69) is 22.1 Å². The molecule has 0 radical (unpaired) electrons. The Bertz CT molecular complexity index is 1270. The maximum Gasteiger partial charge on any atom is 0.341 e. The number of hydrogen-bond acceptors (Lipinski definition) is 8. The minimum Gasteiger partial charge on any atom is -0.483 e. The largest absolute Gasteiger partial charge is 0.483 e. The molecule has 1 aliphatic rings. The minimum absolute atomic E-state index is 0.0751. The fourth-order valence-corrected chi connectivity index (χ4v) is 6.27. The van der Waals surface area contributed by atoms with Gasteiger partial charge in [-0.25, -0.2) is 9.18 Å². The van der Waals surface area contributed by atoms with Gasteiger partial charge in [0.25, 0.3) is 0 Å². The van der Waals surface area contributed by atoms with Gasteiger partial charge < -0.3 is 14.8 Å². The van der Waals surface area contributed by atoms with Crippen LogP contribution >= 0.6 is 23.1 Å². The molecule has 2 heterocycles. The molecule has 0 spiro atoms. The molecule has 3 aromatic rings. The number of carbonyl (C=O) groups is 2. The lowest BCUT2D eigenvalue weighted by Gasteiger charge is -2.15. The number of aromatic nitrogens is 3. The second kappa shape index (κ2) is 12.4. The van der Waals surface area contributed by atoms with Gasteiger partial charge in [0.2, 0.25) is 5.91 Å². The lowest BCUT2D eigenvalue weighted by Crippen LogP contribution is -2.17. The number of anilines is 1. The number of esters is 1. The number of fused-ring (bicyclic) bond motifs is 1. The van der Waals surface area contributed by atoms with E-state index < -0.39 is 12.1 Å². The van der Waals surface area contributed by atoms with Gasteiger partial charge in [-0.1, -0.05) is 24.3 Å². The number of methoxy groups -OCH3 is 1. The van der Waals surface area contributed by atoms with Gasteiger partial charge in [-0.3, -0.25) is 9.36 Å². The summed E-state index contributed by atoms with van der Waals surface area (Å²) in [6.45, 7) is 6.05. The number of nitrogens with zero attached hydrogens (tertiary/aromatic N) is 3. The molecule has 0 aliphatic heterocycles. The number of rotatable bonds is 10. The number of aryl methyl sites for hydroxylation is 1. The number of benzene rings is 1. The van der Waals surface area contributed by atoms with E-state index in [9.17, 15) is 14.0 Å². The first-order chi connectivity index (χ1) is 17.9. The van der Waals surface area contributed by atoms with Gasteiger partial charge in [0.1, 0.15) is 16.6 Å². The summed E-state index contributed by atoms with van der Waals surface area (Å²) in [4.78, 5) is 26.6. The van der Waals surface area contributed by atoms with Crippen molar-refractivity contribution in [1.82, 2.24) is 14.8 Å². The molecule has 1 aromatic carbocycles. The van der Waals surface area contributed by atoms with Crippen LogP contribution in [0.3, 0.4) is 0 Å². The first kappa shape index (κ1) is 26.9. The van der Waals surface area contributed by atoms with Gasteiger partial charge in [-0.2, -0.15) is 0 Å². The fourth-order valence-electron chi connectivity index (χ4n) is 4.22. The van der Waals surface area contributed by atoms with Crippen LogP contribution in [0.5, 0.6) is 5.75 Å². The van der Waals surface area contributed by atoms with Crippen molar-refractivity contribution in [2.24, 2.45) is 0 Å². The smallest absolute Gasteiger partial charge is 0.341 e. The average Bonchev–Trinajstić information content (AvgIpc) is 3.36. The molecule has 196 valence electrons. The maximum atomic E-state index is 13.2. The molecule has 2 aromatic heterocycles. The standard InChI is InChI=1S/C26H29FN4O4S2/c1-4-14-31-23(16(2)35-18-12-10-17(27)11-13-18)29-30-26(31)36-15-21(32)28-24-22(25(33)34-3)19-8-6-5-7-9-20(19)37-24/h4,10-13,16H,1,5-9,14-15H2,2-3H3,(H,28,32). The maximum absolute atomic E-state index is 13.2. The van der Waals surface area contributed by atoms with Crippen LogP contribution in [0, 0.1) is 5.82 Å². The Labute approximate surface area is 223 Å². The van der Waals surface area contributed by atoms with Gasteiger partial charge in [0, 0.05) is 11.4 Å². The molecule has 0 fully saturated rings. The van der Waals surface area contributed by atoms with Gasteiger partial charge in [0.15, 0.2) is 17.1 Å². The SMILES string of the molecule is C=CCn1c(SCC(=O)Nc2sc3c(c2C(=O)OC)CCCCC3)nnc1C(C)Oc1ccc(F)cc1. The van der Waals surface area contributed by atoms with Gasteiger partial charge >= 0.3 is 5.97 Å². The molecule has 1 unspecified atom stereocenters. The summed E-state index contributed by atoms with van der Waals surface area (Å²) < 4.78 is 26.0. The number of thioether (sulfide) groups is 1. The van der Waals surface area contributed by atoms with Crippen molar-refractivity contribution in [1.29, 1.82) is 0 Å². The highest BCUT2D eigenvalue weighted by Gasteiger charge is 2.27. The topological polar surface area (TPSA) is 95.3 Å². The highest BCUT2D eigenvalue weighted by atomic mass is 32.2. The second-order valence-electron chi connectivity index (χ2n) is 8.55. The fraction of sp³-hybridized carbons (Fsp3) is 0.385. The molecule has 4 rings (SSSR count). The van der Waals surface area contributed by atoms with Crippen LogP contribution in [-0.4, -0.2) is 39.5 Å². The van der Waals surface area contributed by atoms with Crippen molar-refractivity contribution in [3.05, 3.63) is 64.6 Å². The molecular formula is C26H29FN4O4S2. The number of halogens is 1. The molecule has 1 N–H and O–H groups in total. The van der Waals surface area contributed by atoms with E-state index in [1.54, 1.807) is 18.2 Å². The normalized spacial score (nSPS) is 13.8. The zero-order valence-corrected chi connectivity index (χ0v) is 22.4. The van der Waals surface area contributed by atoms with Crippen molar-refractivity contribution >= 4 is 40.0 Å². The molecule has 0 saturated carbocycles. The third-order valence-electron chi connectivity index (χ3n) is 5.94. The Hall–Kier alpha value is -3.18. The molecule has 11 heteroatoms. The number of thiophene rings is 1. The van der Waals surface area contributed by atoms with Crippen LogP contribution in [0.4, 0.5) is 9.39 Å². The van der Waals surface area contributed by atoms with E-state index >= 15 is 0 Å². The van der Waals surface area contributed by atoms with Gasteiger partial charge in [-0.05, 0) is 62.4 Å². The summed E-state index contributed by atoms with van der Waals surface area (Å²) in [5.41, 5.74) is 1.48. The average molecular weight is 545 g/mol. The monoisotopic (exact) mass is 544 g/mol. The zero-order valence-electron chi connectivity index (χ0n) is 20.8. The summed E-state index contributed by atoms with van der Waals surface area (Å²) in [7, 11) is 1.36. The lowest BCUT2D eigenvalue weighted by molar-refractivity contribution is -0.113. The Morgan fingerprint density at radius 2 is 2.00 bits per heavy atom. The van der Waals surface area contributed by atoms with Crippen LogP contribution in [0.1, 0.15) is 58.9 Å². The number of amides is 1. The highest BCUT2D eigenvalue weighted by molar-refractivity contribution is 7.99. The van der Waals surface area contributed by atoms with E-state index in [1.165, 1.54) is 42.3 Å². The Kier molecular flexibility index (Phi) is 8.99. The molecule has 1 atom stereocenters. The number of ether oxygens (including phenoxy) is 2. The Morgan fingerprint density at radius 3 is 2.73 bits per heavy atom. The summed E-state index contributed by atoms with van der Waals surface area (Å²) in [5.74, 6) is 0.119. The summed E-state index contributed by atoms with van der Waals surface area (Å²) >= 11 is 2.69. The number of carbonyl (C=O) groups excluding carboxylic acids is 2. The summed E-state index contributed by atoms with van der Waals surface area (Å²) in [5, 5.41) is 12.5. The van der Waals surface area contributed by atoms with Crippen molar-refractivity contribution in [2.75, 3.05) is 18.2 Å². The van der Waals surface area contributed by atoms with E-state index in [4.69, 9.17) is 9.47 Å². The number of hydrogen-bond donors (Lipinski definition) is 1. The molecule has 0 bridgehead atoms. The van der Waals surface area contributed by atoms with Crippen LogP contribution in [0.15, 0.2) is 42.1 Å². The molecular weight excluding hydrogens is 515 g/mol. The van der Waals surface area contributed by atoms with E-state index in [1.807, 2.05) is 11.5 Å². The predicted octanol–water partition coefficient (Wildman–Crippen LogP) is 5.59. The Morgan fingerprint density at radius 1 is 1.24 bits per heavy atom. The van der Waals surface area contributed by atoms with Crippen LogP contribution in [-0.2, 0) is 28.9 Å². The van der Waals surface area contributed by atoms with Crippen LogP contribution < -0.4 is 10.1 Å². The third kappa shape index (κ3) is 6.40. The van der Waals surface area contributed by atoms with Gasteiger partial charge in [0.05, 0.1) is 18.4 Å². The van der Waals surface area contributed by atoms with Crippen LogP contribution in [0.25, 0.3) is 0 Å². The molecule has 0 saturated heterocycles. The van der Waals surface area contributed by atoms with E-state index in [0.717, 1.165) is 42.5 Å². The molecule has 1 aliphatic carbocycles. The predicted molar refractivity (Wildman–Crippen MR) is 142 cm³/mol. The zero-order chi connectivity index (χ0) is 26.4. The van der Waals surface area contributed by atoms with Crippen molar-refractivity contribution < 1.29 is 23.5 Å². The number of allylic oxidation sites excluding steroid dienone is 1. The van der Waals surface area contributed by atoms with Gasteiger partial charge in [-0.15, -0.1) is 28.1 Å². The molecule has 8 nitrogen and oxygen atoms in total. The van der Waals surface area contributed by atoms with Crippen LogP contribution in [0.2, 0.25) is 0 Å². The summed E-state index contributed by atoms with van der Waals surface area (Å²) in [6, 6.07) is 5.75. The quantitative estimate of drug-likeness (QED) is 0.154. The first-order valence-corrected chi connectivity index (χ1v) is 13.8. The van der Waals surface area contributed by atoms with Crippen molar-refractivity contribution in [2.45, 2.75) is 56.8 Å². The van der Waals surface area contributed by atoms with E-state index in [-0.39, 0.29) is 17.5 Å². The highest BCUT2D eigenvalue weighted by Crippen LogP contribution is 2.38. The van der Waals surface area contributed by atoms with E-state index in [0.29, 0.717) is 33.8 Å². The molecule has 1 amide bonds. The second-order valence-corrected chi connectivity index (χ2v) is 10.6.